The van der Waals surface area contributed by atoms with Gasteiger partial charge in [-0.1, -0.05) is 20.8 Å². The number of rotatable bonds is 7. The van der Waals surface area contributed by atoms with Crippen molar-refractivity contribution in [3.8, 4) is 5.75 Å². The van der Waals surface area contributed by atoms with Gasteiger partial charge in [0.25, 0.3) is 5.91 Å². The van der Waals surface area contributed by atoms with Gasteiger partial charge in [-0.25, -0.2) is 0 Å². The van der Waals surface area contributed by atoms with E-state index < -0.39 is 0 Å². The highest BCUT2D eigenvalue weighted by Gasteiger charge is 2.16. The molecule has 1 amide bonds. The topological polar surface area (TPSA) is 58.6 Å². The molecular weight excluding hydrogens is 242 g/mol. The minimum atomic E-state index is -0.219. The van der Waals surface area contributed by atoms with E-state index in [2.05, 4.69) is 5.32 Å². The first-order valence-corrected chi connectivity index (χ1v) is 6.73. The molecular formula is C15H23NO3. The number of aliphatic hydroxyl groups excluding tert-OH is 1. The molecule has 19 heavy (non-hydrogen) atoms. The fourth-order valence-corrected chi connectivity index (χ4v) is 1.60. The van der Waals surface area contributed by atoms with Crippen molar-refractivity contribution in [2.45, 2.75) is 33.2 Å². The molecule has 0 spiro atoms. The van der Waals surface area contributed by atoms with Crippen molar-refractivity contribution in [3.63, 3.8) is 0 Å². The van der Waals surface area contributed by atoms with Crippen LogP contribution < -0.4 is 10.1 Å². The summed E-state index contributed by atoms with van der Waals surface area (Å²) in [6, 6.07) is 6.81. The molecule has 0 radical (unpaired) electrons. The lowest BCUT2D eigenvalue weighted by molar-refractivity contribution is 0.0897. The molecule has 0 aliphatic heterocycles. The number of carbonyl (C=O) groups excluding carboxylic acids is 1. The zero-order valence-electron chi connectivity index (χ0n) is 11.8. The number of amides is 1. The second-order valence-electron chi connectivity index (χ2n) is 4.88. The van der Waals surface area contributed by atoms with Crippen LogP contribution in [0, 0.1) is 5.92 Å². The van der Waals surface area contributed by atoms with Gasteiger partial charge in [0.2, 0.25) is 0 Å². The summed E-state index contributed by atoms with van der Waals surface area (Å²) < 4.78 is 5.46. The Kier molecular flexibility index (Phi) is 6.36. The Bertz CT molecular complexity index is 387. The number of ether oxygens (including phenoxy) is 1. The molecule has 0 aliphatic carbocycles. The second-order valence-corrected chi connectivity index (χ2v) is 4.88. The smallest absolute Gasteiger partial charge is 0.251 e. The SMILES string of the molecule is CCCOc1ccc(C(=O)N[C@H](CO)C(C)C)cc1. The normalized spacial score (nSPS) is 12.3. The van der Waals surface area contributed by atoms with Gasteiger partial charge >= 0.3 is 0 Å². The van der Waals surface area contributed by atoms with E-state index >= 15 is 0 Å². The van der Waals surface area contributed by atoms with Gasteiger partial charge in [0, 0.05) is 5.56 Å². The van der Waals surface area contributed by atoms with Crippen LogP contribution in [0.2, 0.25) is 0 Å². The standard InChI is InChI=1S/C15H23NO3/c1-4-9-19-13-7-5-12(6-8-13)15(18)16-14(10-17)11(2)3/h5-8,11,14,17H,4,9-10H2,1-3H3,(H,16,18)/t14-/m1/s1. The van der Waals surface area contributed by atoms with Crippen LogP contribution >= 0.6 is 0 Å². The van der Waals surface area contributed by atoms with Gasteiger partial charge in [-0.15, -0.1) is 0 Å². The summed E-state index contributed by atoms with van der Waals surface area (Å²) in [5, 5.41) is 12.0. The Labute approximate surface area is 114 Å². The fraction of sp³-hybridized carbons (Fsp3) is 0.533. The molecule has 1 rings (SSSR count). The van der Waals surface area contributed by atoms with Crippen LogP contribution in [-0.4, -0.2) is 30.3 Å². The Morgan fingerprint density at radius 1 is 1.32 bits per heavy atom. The van der Waals surface area contributed by atoms with Crippen LogP contribution in [-0.2, 0) is 0 Å². The molecule has 0 saturated carbocycles. The first kappa shape index (κ1) is 15.5. The van der Waals surface area contributed by atoms with Crippen LogP contribution in [0.15, 0.2) is 24.3 Å². The van der Waals surface area contributed by atoms with Gasteiger partial charge in [-0.3, -0.25) is 4.79 Å². The molecule has 4 heteroatoms. The maximum atomic E-state index is 12.0. The van der Waals surface area contributed by atoms with Gasteiger partial charge < -0.3 is 15.2 Å². The monoisotopic (exact) mass is 265 g/mol. The summed E-state index contributed by atoms with van der Waals surface area (Å²) in [6.07, 6.45) is 0.953. The van der Waals surface area contributed by atoms with Crippen molar-refractivity contribution in [1.82, 2.24) is 5.32 Å². The molecule has 1 aromatic rings. The summed E-state index contributed by atoms with van der Waals surface area (Å²) in [5.74, 6) is 0.789. The minimum absolute atomic E-state index is 0.0545. The molecule has 2 N–H and O–H groups in total. The third-order valence-corrected chi connectivity index (χ3v) is 2.91. The van der Waals surface area contributed by atoms with Crippen LogP contribution in [0.3, 0.4) is 0 Å². The lowest BCUT2D eigenvalue weighted by Crippen LogP contribution is -2.41. The van der Waals surface area contributed by atoms with Gasteiger partial charge in [0.15, 0.2) is 0 Å². The number of carbonyl (C=O) groups is 1. The quantitative estimate of drug-likeness (QED) is 0.794. The van der Waals surface area contributed by atoms with Gasteiger partial charge in [-0.05, 0) is 36.6 Å². The Morgan fingerprint density at radius 3 is 2.42 bits per heavy atom. The summed E-state index contributed by atoms with van der Waals surface area (Å²) in [7, 11) is 0. The molecule has 0 bridgehead atoms. The molecule has 106 valence electrons. The molecule has 0 saturated heterocycles. The molecule has 0 unspecified atom stereocenters. The Balaban J connectivity index is 2.62. The van der Waals surface area contributed by atoms with Crippen molar-refractivity contribution in [1.29, 1.82) is 0 Å². The number of hydrogen-bond acceptors (Lipinski definition) is 3. The molecule has 0 aromatic heterocycles. The predicted octanol–water partition coefficient (Wildman–Crippen LogP) is 2.22. The molecule has 0 fully saturated rings. The Morgan fingerprint density at radius 2 is 1.95 bits per heavy atom. The highest BCUT2D eigenvalue weighted by molar-refractivity contribution is 5.94. The summed E-state index contributed by atoms with van der Waals surface area (Å²) in [4.78, 5) is 12.0. The summed E-state index contributed by atoms with van der Waals surface area (Å²) in [5.41, 5.74) is 0.572. The lowest BCUT2D eigenvalue weighted by atomic mass is 10.0. The molecule has 0 aliphatic rings. The van der Waals surface area contributed by atoms with Gasteiger partial charge in [0.1, 0.15) is 5.75 Å². The highest BCUT2D eigenvalue weighted by Crippen LogP contribution is 2.13. The first-order chi connectivity index (χ1) is 9.08. The van der Waals surface area contributed by atoms with E-state index in [0.717, 1.165) is 12.2 Å². The highest BCUT2D eigenvalue weighted by atomic mass is 16.5. The van der Waals surface area contributed by atoms with Crippen LogP contribution in [0.25, 0.3) is 0 Å². The second kappa shape index (κ2) is 7.79. The zero-order valence-corrected chi connectivity index (χ0v) is 11.8. The van der Waals surface area contributed by atoms with E-state index in [4.69, 9.17) is 4.74 Å². The maximum absolute atomic E-state index is 12.0. The molecule has 1 aromatic carbocycles. The largest absolute Gasteiger partial charge is 0.494 e. The van der Waals surface area contributed by atoms with Crippen molar-refractivity contribution in [3.05, 3.63) is 29.8 Å². The van der Waals surface area contributed by atoms with Crippen molar-refractivity contribution in [2.75, 3.05) is 13.2 Å². The third kappa shape index (κ3) is 4.91. The van der Waals surface area contributed by atoms with Crippen molar-refractivity contribution < 1.29 is 14.6 Å². The maximum Gasteiger partial charge on any atom is 0.251 e. The van der Waals surface area contributed by atoms with E-state index in [1.165, 1.54) is 0 Å². The summed E-state index contributed by atoms with van der Waals surface area (Å²) in [6.45, 7) is 6.58. The van der Waals surface area contributed by atoms with E-state index in [9.17, 15) is 9.90 Å². The minimum Gasteiger partial charge on any atom is -0.494 e. The zero-order chi connectivity index (χ0) is 14.3. The fourth-order valence-electron chi connectivity index (χ4n) is 1.60. The number of hydrogen-bond donors (Lipinski definition) is 2. The Hall–Kier alpha value is -1.55. The van der Waals surface area contributed by atoms with Crippen LogP contribution in [0.5, 0.6) is 5.75 Å². The van der Waals surface area contributed by atoms with Gasteiger partial charge in [0.05, 0.1) is 19.3 Å². The molecule has 0 heterocycles. The van der Waals surface area contributed by atoms with E-state index in [1.807, 2.05) is 20.8 Å². The number of benzene rings is 1. The van der Waals surface area contributed by atoms with Gasteiger partial charge in [-0.2, -0.15) is 0 Å². The average molecular weight is 265 g/mol. The van der Waals surface area contributed by atoms with Crippen LogP contribution in [0.4, 0.5) is 0 Å². The number of nitrogens with one attached hydrogen (secondary N) is 1. The average Bonchev–Trinajstić information content (AvgIpc) is 2.42. The van der Waals surface area contributed by atoms with E-state index in [-0.39, 0.29) is 24.5 Å². The number of aliphatic hydroxyl groups is 1. The predicted molar refractivity (Wildman–Crippen MR) is 75.4 cm³/mol. The lowest BCUT2D eigenvalue weighted by Gasteiger charge is -2.19. The van der Waals surface area contributed by atoms with Crippen molar-refractivity contribution >= 4 is 5.91 Å². The first-order valence-electron chi connectivity index (χ1n) is 6.73. The summed E-state index contributed by atoms with van der Waals surface area (Å²) >= 11 is 0. The molecule has 1 atom stereocenters. The van der Waals surface area contributed by atoms with Crippen molar-refractivity contribution in [2.24, 2.45) is 5.92 Å². The van der Waals surface area contributed by atoms with E-state index in [1.54, 1.807) is 24.3 Å². The van der Waals surface area contributed by atoms with E-state index in [0.29, 0.717) is 12.2 Å². The molecule has 4 nitrogen and oxygen atoms in total. The third-order valence-electron chi connectivity index (χ3n) is 2.91. The van der Waals surface area contributed by atoms with Crippen LogP contribution in [0.1, 0.15) is 37.6 Å².